The number of ether oxygens (including phenoxy) is 2. The highest BCUT2D eigenvalue weighted by Crippen LogP contribution is 2.18. The molecule has 21 heavy (non-hydrogen) atoms. The van der Waals surface area contributed by atoms with E-state index in [1.165, 1.54) is 0 Å². The maximum atomic E-state index is 12.3. The molecule has 0 aliphatic carbocycles. The third-order valence-electron chi connectivity index (χ3n) is 4.24. The van der Waals surface area contributed by atoms with Gasteiger partial charge in [0.25, 0.3) is 5.91 Å². The predicted molar refractivity (Wildman–Crippen MR) is 75.9 cm³/mol. The van der Waals surface area contributed by atoms with Crippen LogP contribution in [0.15, 0.2) is 0 Å². The highest BCUT2D eigenvalue weighted by atomic mass is 16.5. The van der Waals surface area contributed by atoms with E-state index in [4.69, 9.17) is 14.6 Å². The van der Waals surface area contributed by atoms with Crippen LogP contribution in [0.5, 0.6) is 0 Å². The predicted octanol–water partition coefficient (Wildman–Crippen LogP) is 1.28. The fraction of sp³-hybridized carbons (Fsp3) is 0.867. The van der Waals surface area contributed by atoms with Crippen LogP contribution in [-0.2, 0) is 19.1 Å². The number of carbonyl (C=O) groups is 2. The lowest BCUT2D eigenvalue weighted by atomic mass is 9.98. The molecular weight excluding hydrogens is 274 g/mol. The number of piperidine rings is 1. The summed E-state index contributed by atoms with van der Waals surface area (Å²) in [6.07, 6.45) is 4.14. The highest BCUT2D eigenvalue weighted by molar-refractivity contribution is 5.81. The molecule has 2 rings (SSSR count). The van der Waals surface area contributed by atoms with Crippen LogP contribution in [0.25, 0.3) is 0 Å². The zero-order chi connectivity index (χ0) is 15.2. The summed E-state index contributed by atoms with van der Waals surface area (Å²) < 4.78 is 11.2. The average Bonchev–Trinajstić information content (AvgIpc) is 2.53. The first-order valence-corrected chi connectivity index (χ1v) is 7.82. The molecule has 2 aliphatic rings. The van der Waals surface area contributed by atoms with E-state index in [9.17, 15) is 9.59 Å². The van der Waals surface area contributed by atoms with Gasteiger partial charge in [-0.1, -0.05) is 0 Å². The number of amides is 1. The normalized spacial score (nSPS) is 28.1. The van der Waals surface area contributed by atoms with Crippen LogP contribution >= 0.6 is 0 Å². The van der Waals surface area contributed by atoms with Crippen molar-refractivity contribution in [2.45, 2.75) is 51.2 Å². The molecule has 0 aromatic carbocycles. The number of carboxylic acids is 1. The monoisotopic (exact) mass is 299 g/mol. The third kappa shape index (κ3) is 4.68. The molecule has 0 aromatic heterocycles. The molecule has 3 unspecified atom stereocenters. The van der Waals surface area contributed by atoms with Gasteiger partial charge in [-0.25, -0.2) is 0 Å². The molecule has 0 bridgehead atoms. The minimum absolute atomic E-state index is 0.0853. The minimum atomic E-state index is -0.823. The van der Waals surface area contributed by atoms with Crippen LogP contribution in [0.3, 0.4) is 0 Å². The van der Waals surface area contributed by atoms with E-state index in [1.807, 2.05) is 0 Å². The maximum Gasteiger partial charge on any atom is 0.308 e. The number of rotatable bonds is 5. The lowest BCUT2D eigenvalue weighted by molar-refractivity contribution is -0.151. The van der Waals surface area contributed by atoms with Gasteiger partial charge in [0.1, 0.15) is 6.10 Å². The van der Waals surface area contributed by atoms with Crippen LogP contribution in [0.4, 0.5) is 0 Å². The second-order valence-electron chi connectivity index (χ2n) is 5.93. The zero-order valence-corrected chi connectivity index (χ0v) is 12.6. The summed E-state index contributed by atoms with van der Waals surface area (Å²) in [6.45, 7) is 3.85. The van der Waals surface area contributed by atoms with Gasteiger partial charge in [-0.2, -0.15) is 0 Å². The Bertz CT molecular complexity index is 367. The molecule has 120 valence electrons. The van der Waals surface area contributed by atoms with Gasteiger partial charge in [0.2, 0.25) is 0 Å². The minimum Gasteiger partial charge on any atom is -0.481 e. The first-order valence-electron chi connectivity index (χ1n) is 7.82. The molecule has 2 fully saturated rings. The summed E-state index contributed by atoms with van der Waals surface area (Å²) in [4.78, 5) is 25.0. The van der Waals surface area contributed by atoms with Crippen molar-refractivity contribution in [3.63, 3.8) is 0 Å². The molecule has 6 heteroatoms. The van der Waals surface area contributed by atoms with Crippen LogP contribution in [0, 0.1) is 5.92 Å². The summed E-state index contributed by atoms with van der Waals surface area (Å²) >= 11 is 0. The van der Waals surface area contributed by atoms with Crippen molar-refractivity contribution in [2.24, 2.45) is 5.92 Å². The summed E-state index contributed by atoms with van der Waals surface area (Å²) in [5.74, 6) is -1.38. The van der Waals surface area contributed by atoms with E-state index < -0.39 is 18.0 Å². The molecule has 0 spiro atoms. The quantitative estimate of drug-likeness (QED) is 0.827. The Morgan fingerprint density at radius 2 is 2.14 bits per heavy atom. The number of carbonyl (C=O) groups excluding carboxylic acids is 1. The first kappa shape index (κ1) is 16.2. The van der Waals surface area contributed by atoms with Crippen molar-refractivity contribution >= 4 is 11.9 Å². The van der Waals surface area contributed by atoms with Gasteiger partial charge in [-0.3, -0.25) is 9.59 Å². The van der Waals surface area contributed by atoms with Gasteiger partial charge in [0, 0.05) is 19.7 Å². The van der Waals surface area contributed by atoms with Crippen molar-refractivity contribution in [3.05, 3.63) is 0 Å². The number of hydrogen-bond donors (Lipinski definition) is 1. The second-order valence-corrected chi connectivity index (χ2v) is 5.93. The Morgan fingerprint density at radius 1 is 1.33 bits per heavy atom. The number of nitrogens with zero attached hydrogens (tertiary/aromatic N) is 1. The van der Waals surface area contributed by atoms with Crippen LogP contribution in [-0.4, -0.2) is 60.4 Å². The molecule has 2 saturated heterocycles. The van der Waals surface area contributed by atoms with Crippen LogP contribution in [0.2, 0.25) is 0 Å². The Hall–Kier alpha value is -1.14. The third-order valence-corrected chi connectivity index (χ3v) is 4.24. The largest absolute Gasteiger partial charge is 0.481 e. The fourth-order valence-corrected chi connectivity index (χ4v) is 2.90. The van der Waals surface area contributed by atoms with Crippen molar-refractivity contribution in [2.75, 3.05) is 26.3 Å². The Labute approximate surface area is 125 Å². The number of carboxylic acid groups (broad SMARTS) is 1. The van der Waals surface area contributed by atoms with E-state index in [1.54, 1.807) is 11.8 Å². The second kappa shape index (κ2) is 7.75. The molecule has 0 radical (unpaired) electrons. The Morgan fingerprint density at radius 3 is 2.81 bits per heavy atom. The standard InChI is InChI=1S/C15H25NO5/c1-11(21-10-13-6-2-3-8-20-13)14(17)16-7-4-5-12(9-16)15(18)19/h11-13H,2-10H2,1H3,(H,18,19). The summed E-state index contributed by atoms with van der Waals surface area (Å²) in [7, 11) is 0. The molecule has 3 atom stereocenters. The molecule has 1 N–H and O–H groups in total. The summed E-state index contributed by atoms with van der Waals surface area (Å²) in [5.41, 5.74) is 0. The van der Waals surface area contributed by atoms with Gasteiger partial charge in [0.15, 0.2) is 0 Å². The summed E-state index contributed by atoms with van der Waals surface area (Å²) in [5, 5.41) is 9.06. The number of aliphatic carboxylic acids is 1. The molecule has 0 saturated carbocycles. The molecule has 0 aromatic rings. The lowest BCUT2D eigenvalue weighted by Crippen LogP contribution is -2.47. The zero-order valence-electron chi connectivity index (χ0n) is 12.6. The van der Waals surface area contributed by atoms with E-state index in [-0.39, 0.29) is 12.0 Å². The maximum absolute atomic E-state index is 12.3. The SMILES string of the molecule is CC(OCC1CCCCO1)C(=O)N1CCCC(C(=O)O)C1. The van der Waals surface area contributed by atoms with Gasteiger partial charge in [-0.05, 0) is 39.0 Å². The Balaban J connectivity index is 1.76. The van der Waals surface area contributed by atoms with E-state index in [0.717, 1.165) is 32.3 Å². The molecule has 2 aliphatic heterocycles. The number of likely N-dealkylation sites (tertiary alicyclic amines) is 1. The smallest absolute Gasteiger partial charge is 0.308 e. The fourth-order valence-electron chi connectivity index (χ4n) is 2.90. The molecular formula is C15H25NO5. The van der Waals surface area contributed by atoms with Crippen molar-refractivity contribution in [3.8, 4) is 0 Å². The molecule has 2 heterocycles. The van der Waals surface area contributed by atoms with E-state index in [2.05, 4.69) is 0 Å². The van der Waals surface area contributed by atoms with E-state index >= 15 is 0 Å². The van der Waals surface area contributed by atoms with E-state index in [0.29, 0.717) is 26.1 Å². The van der Waals surface area contributed by atoms with Crippen molar-refractivity contribution in [1.29, 1.82) is 0 Å². The van der Waals surface area contributed by atoms with Gasteiger partial charge >= 0.3 is 5.97 Å². The van der Waals surface area contributed by atoms with Gasteiger partial charge in [0.05, 0.1) is 18.6 Å². The molecule has 6 nitrogen and oxygen atoms in total. The Kier molecular flexibility index (Phi) is 5.99. The van der Waals surface area contributed by atoms with Gasteiger partial charge < -0.3 is 19.5 Å². The highest BCUT2D eigenvalue weighted by Gasteiger charge is 2.30. The topological polar surface area (TPSA) is 76.1 Å². The van der Waals surface area contributed by atoms with Crippen LogP contribution in [0.1, 0.15) is 39.0 Å². The summed E-state index contributed by atoms with van der Waals surface area (Å²) in [6, 6.07) is 0. The number of hydrogen-bond acceptors (Lipinski definition) is 4. The van der Waals surface area contributed by atoms with Gasteiger partial charge in [-0.15, -0.1) is 0 Å². The van der Waals surface area contributed by atoms with Crippen LogP contribution < -0.4 is 0 Å². The lowest BCUT2D eigenvalue weighted by Gasteiger charge is -2.33. The molecule has 1 amide bonds. The first-order chi connectivity index (χ1) is 10.1. The van der Waals surface area contributed by atoms with Crippen molar-refractivity contribution < 1.29 is 24.2 Å². The van der Waals surface area contributed by atoms with Crippen molar-refractivity contribution in [1.82, 2.24) is 4.90 Å². The average molecular weight is 299 g/mol.